The fraction of sp³-hybridized carbons (Fsp3) is 0.529. The van der Waals surface area contributed by atoms with Crippen molar-refractivity contribution < 1.29 is 23.5 Å². The zero-order valence-corrected chi connectivity index (χ0v) is 25.8. The number of piperidine rings is 2. The zero-order valence-electron chi connectivity index (χ0n) is 25.8. The van der Waals surface area contributed by atoms with E-state index in [0.717, 1.165) is 62.0 Å². The van der Waals surface area contributed by atoms with Gasteiger partial charge in [0.2, 0.25) is 11.8 Å². The van der Waals surface area contributed by atoms with E-state index in [1.54, 1.807) is 26.8 Å². The minimum absolute atomic E-state index is 0.00866. The van der Waals surface area contributed by atoms with Crippen LogP contribution >= 0.6 is 0 Å². The topological polar surface area (TPSA) is 115 Å². The Hall–Kier alpha value is -3.97. The molecule has 2 saturated heterocycles. The molecule has 232 valence electrons. The van der Waals surface area contributed by atoms with Crippen LogP contribution < -0.4 is 10.6 Å². The summed E-state index contributed by atoms with van der Waals surface area (Å²) in [4.78, 5) is 43.2. The molecule has 10 heteroatoms. The maximum Gasteiger partial charge on any atom is 0.411 e. The summed E-state index contributed by atoms with van der Waals surface area (Å²) in [6.45, 7) is 7.02. The molecule has 2 aromatic carbocycles. The van der Waals surface area contributed by atoms with Crippen LogP contribution in [0.5, 0.6) is 0 Å². The van der Waals surface area contributed by atoms with Gasteiger partial charge in [0.1, 0.15) is 23.5 Å². The Morgan fingerprint density at radius 3 is 2.55 bits per heavy atom. The second-order valence-electron chi connectivity index (χ2n) is 13.9. The van der Waals surface area contributed by atoms with Crippen LogP contribution in [0.1, 0.15) is 64.0 Å². The van der Waals surface area contributed by atoms with Crippen LogP contribution in [-0.4, -0.2) is 71.6 Å². The van der Waals surface area contributed by atoms with Crippen molar-refractivity contribution in [3.8, 4) is 17.2 Å². The van der Waals surface area contributed by atoms with Crippen LogP contribution in [0, 0.1) is 23.1 Å². The molecule has 1 saturated carbocycles. The lowest BCUT2D eigenvalue weighted by Gasteiger charge is -2.36. The average molecular weight is 602 g/mol. The van der Waals surface area contributed by atoms with Gasteiger partial charge >= 0.3 is 6.09 Å². The first-order valence-corrected chi connectivity index (χ1v) is 15.5. The van der Waals surface area contributed by atoms with Gasteiger partial charge in [-0.1, -0.05) is 18.2 Å². The lowest BCUT2D eigenvalue weighted by Crippen LogP contribution is -2.55. The number of nitriles is 1. The lowest BCUT2D eigenvalue weighted by molar-refractivity contribution is -0.128. The van der Waals surface area contributed by atoms with Crippen LogP contribution in [0.25, 0.3) is 11.1 Å². The number of amides is 3. The largest absolute Gasteiger partial charge is 0.444 e. The quantitative estimate of drug-likeness (QED) is 0.512. The second-order valence-corrected chi connectivity index (χ2v) is 13.9. The molecule has 4 atom stereocenters. The molecular weight excluding hydrogens is 561 g/mol. The Labute approximate surface area is 257 Å². The number of halogens is 1. The first-order chi connectivity index (χ1) is 20.9. The Morgan fingerprint density at radius 1 is 1.16 bits per heavy atom. The number of carbonyl (C=O) groups is 3. The maximum atomic E-state index is 15.5. The Balaban J connectivity index is 1.16. The summed E-state index contributed by atoms with van der Waals surface area (Å²) in [5, 5.41) is 15.7. The summed E-state index contributed by atoms with van der Waals surface area (Å²) in [5.74, 6) is -0.843. The third kappa shape index (κ3) is 5.43. The number of nitrogens with zero attached hydrogens (tertiary/aromatic N) is 3. The van der Waals surface area contributed by atoms with E-state index in [1.807, 2.05) is 24.3 Å². The number of hydrogen-bond acceptors (Lipinski definition) is 6. The van der Waals surface area contributed by atoms with Crippen molar-refractivity contribution in [1.29, 1.82) is 5.26 Å². The normalized spacial score (nSPS) is 24.5. The van der Waals surface area contributed by atoms with Gasteiger partial charge in [-0.15, -0.1) is 0 Å². The van der Waals surface area contributed by atoms with Gasteiger partial charge in [-0.3, -0.25) is 14.5 Å². The number of rotatable bonds is 5. The summed E-state index contributed by atoms with van der Waals surface area (Å²) in [6, 6.07) is 11.0. The van der Waals surface area contributed by atoms with E-state index < -0.39 is 40.9 Å². The number of likely N-dealkylation sites (tertiary alicyclic amines) is 2. The van der Waals surface area contributed by atoms with Crippen molar-refractivity contribution in [2.75, 3.05) is 25.5 Å². The third-order valence-electron chi connectivity index (χ3n) is 9.80. The molecule has 3 fully saturated rings. The molecular formula is C34H40FN5O4. The summed E-state index contributed by atoms with van der Waals surface area (Å²) < 4.78 is 21.1. The number of ether oxygens (including phenoxy) is 1. The van der Waals surface area contributed by atoms with E-state index in [0.29, 0.717) is 11.1 Å². The molecule has 3 heterocycles. The first-order valence-electron chi connectivity index (χ1n) is 15.5. The fourth-order valence-corrected chi connectivity index (χ4v) is 7.49. The number of carbonyl (C=O) groups excluding carboxylic acids is 3. The molecule has 0 unspecified atom stereocenters. The molecule has 3 aliphatic heterocycles. The van der Waals surface area contributed by atoms with Gasteiger partial charge < -0.3 is 20.3 Å². The number of hydrogen-bond donors (Lipinski definition) is 2. The molecule has 2 bridgehead atoms. The molecule has 9 nitrogen and oxygen atoms in total. The van der Waals surface area contributed by atoms with Crippen LogP contribution in [0.4, 0.5) is 14.9 Å². The van der Waals surface area contributed by atoms with E-state index in [9.17, 15) is 19.6 Å². The highest BCUT2D eigenvalue weighted by Gasteiger charge is 2.53. The SMILES string of the molecule is CN1CCC2(CC1)C(=O)Nc1ccc(-c3ccc(C[C@@H](C#N)NC(=O)[C@@H]4[C@H]5CC[C@H](C5)N4C(=O)OC(C)(C)C)c(F)c3)cc12. The maximum absolute atomic E-state index is 15.5. The molecule has 0 aromatic heterocycles. The van der Waals surface area contributed by atoms with Gasteiger partial charge in [0.25, 0.3) is 0 Å². The van der Waals surface area contributed by atoms with Crippen LogP contribution in [0.15, 0.2) is 36.4 Å². The van der Waals surface area contributed by atoms with Crippen molar-refractivity contribution >= 4 is 23.6 Å². The van der Waals surface area contributed by atoms with Crippen molar-refractivity contribution in [1.82, 2.24) is 15.1 Å². The number of anilines is 1. The van der Waals surface area contributed by atoms with E-state index in [2.05, 4.69) is 28.7 Å². The smallest absolute Gasteiger partial charge is 0.411 e. The molecule has 1 aliphatic carbocycles. The zero-order chi connectivity index (χ0) is 31.4. The van der Waals surface area contributed by atoms with Crippen LogP contribution in [0.2, 0.25) is 0 Å². The van der Waals surface area contributed by atoms with E-state index in [1.165, 1.54) is 11.0 Å². The molecule has 6 rings (SSSR count). The molecule has 0 radical (unpaired) electrons. The fourth-order valence-electron chi connectivity index (χ4n) is 7.49. The molecule has 1 spiro atoms. The molecule has 4 aliphatic rings. The van der Waals surface area contributed by atoms with E-state index >= 15 is 4.39 Å². The summed E-state index contributed by atoms with van der Waals surface area (Å²) in [6.07, 6.45) is 3.32. The first kappa shape index (κ1) is 30.1. The van der Waals surface area contributed by atoms with Gasteiger partial charge in [-0.05, 0) is 119 Å². The molecule has 2 N–H and O–H groups in total. The summed E-state index contributed by atoms with van der Waals surface area (Å²) in [5.41, 5.74) is 2.31. The standard InChI is InChI=1S/C34H40FN5O4/c1-33(2,3)44-32(43)40-25-9-7-23(16-25)29(40)30(41)37-24(19-36)15-22-6-5-21(18-27(22)35)20-8-10-28-26(17-20)34(31(42)38-28)11-13-39(4)14-12-34/h5-6,8,10,17-18,23-25,29H,7,9,11-16H2,1-4H3,(H,37,41)(H,38,42)/t23-,24-,25+,29-/m0/s1. The lowest BCUT2D eigenvalue weighted by atomic mass is 9.73. The summed E-state index contributed by atoms with van der Waals surface area (Å²) in [7, 11) is 2.06. The van der Waals surface area contributed by atoms with Crippen molar-refractivity contribution in [3.63, 3.8) is 0 Å². The third-order valence-corrected chi connectivity index (χ3v) is 9.80. The highest BCUT2D eigenvalue weighted by Crippen LogP contribution is 2.46. The van der Waals surface area contributed by atoms with Crippen molar-refractivity contribution in [2.24, 2.45) is 5.92 Å². The van der Waals surface area contributed by atoms with Crippen molar-refractivity contribution in [2.45, 2.75) is 88.4 Å². The Morgan fingerprint density at radius 2 is 1.86 bits per heavy atom. The van der Waals surface area contributed by atoms with Crippen LogP contribution in [0.3, 0.4) is 0 Å². The van der Waals surface area contributed by atoms with Gasteiger partial charge in [-0.25, -0.2) is 9.18 Å². The minimum Gasteiger partial charge on any atom is -0.444 e. The highest BCUT2D eigenvalue weighted by atomic mass is 19.1. The van der Waals surface area contributed by atoms with E-state index in [-0.39, 0.29) is 24.3 Å². The predicted molar refractivity (Wildman–Crippen MR) is 163 cm³/mol. The second kappa shape index (κ2) is 11.2. The van der Waals surface area contributed by atoms with Gasteiger partial charge in [0, 0.05) is 18.2 Å². The minimum atomic E-state index is -0.969. The molecule has 2 aromatic rings. The number of nitrogens with one attached hydrogen (secondary N) is 2. The van der Waals surface area contributed by atoms with Gasteiger partial charge in [0.15, 0.2) is 0 Å². The summed E-state index contributed by atoms with van der Waals surface area (Å²) >= 11 is 0. The van der Waals surface area contributed by atoms with Gasteiger partial charge in [0.05, 0.1) is 11.5 Å². The highest BCUT2D eigenvalue weighted by molar-refractivity contribution is 6.06. The monoisotopic (exact) mass is 601 g/mol. The predicted octanol–water partition coefficient (Wildman–Crippen LogP) is 4.75. The van der Waals surface area contributed by atoms with E-state index in [4.69, 9.17) is 4.74 Å². The average Bonchev–Trinajstić information content (AvgIpc) is 3.66. The Bertz CT molecular complexity index is 1540. The Kier molecular flexibility index (Phi) is 7.65. The van der Waals surface area contributed by atoms with Crippen molar-refractivity contribution in [3.05, 3.63) is 53.3 Å². The van der Waals surface area contributed by atoms with Gasteiger partial charge in [-0.2, -0.15) is 5.26 Å². The number of fused-ring (bicyclic) bond motifs is 4. The number of benzene rings is 2. The molecule has 44 heavy (non-hydrogen) atoms. The van der Waals surface area contributed by atoms with Crippen LogP contribution in [-0.2, 0) is 26.2 Å². The molecule has 3 amide bonds.